The molecule has 1 aromatic carbocycles. The molecule has 1 aliphatic carbocycles. The van der Waals surface area contributed by atoms with Gasteiger partial charge in [0.05, 0.1) is 16.8 Å². The van der Waals surface area contributed by atoms with Gasteiger partial charge in [0.2, 0.25) is 0 Å². The third-order valence-electron chi connectivity index (χ3n) is 4.19. The van der Waals surface area contributed by atoms with Gasteiger partial charge in [0.1, 0.15) is 5.00 Å². The van der Waals surface area contributed by atoms with Gasteiger partial charge in [0.15, 0.2) is 0 Å². The Bertz CT molecular complexity index is 951. The highest BCUT2D eigenvalue weighted by Gasteiger charge is 2.31. The smallest absolute Gasteiger partial charge is 0.411 e. The Morgan fingerprint density at radius 1 is 1.26 bits per heavy atom. The fourth-order valence-corrected chi connectivity index (χ4v) is 4.19. The first-order valence-electron chi connectivity index (χ1n) is 7.83. The van der Waals surface area contributed by atoms with Gasteiger partial charge in [-0.05, 0) is 36.6 Å². The number of halogens is 3. The molecule has 2 amide bonds. The lowest BCUT2D eigenvalue weighted by molar-refractivity contribution is -0.137. The number of nitrogens with two attached hydrogens (primary N) is 1. The molecular formula is C17H14F3N3O3S. The summed E-state index contributed by atoms with van der Waals surface area (Å²) in [4.78, 5) is 25.0. The average molecular weight is 397 g/mol. The number of benzene rings is 1. The van der Waals surface area contributed by atoms with Crippen LogP contribution in [0.25, 0.3) is 0 Å². The van der Waals surface area contributed by atoms with Crippen molar-refractivity contribution in [2.45, 2.75) is 25.4 Å². The van der Waals surface area contributed by atoms with E-state index in [0.29, 0.717) is 30.5 Å². The van der Waals surface area contributed by atoms with Crippen molar-refractivity contribution in [2.24, 2.45) is 10.9 Å². The number of hydrogen-bond acceptors (Lipinski definition) is 5. The Labute approximate surface area is 155 Å². The summed E-state index contributed by atoms with van der Waals surface area (Å²) < 4.78 is 38.5. The van der Waals surface area contributed by atoms with Crippen LogP contribution in [0, 0.1) is 0 Å². The molecule has 1 aromatic heterocycles. The van der Waals surface area contributed by atoms with Gasteiger partial charge in [0, 0.05) is 16.9 Å². The van der Waals surface area contributed by atoms with Gasteiger partial charge in [-0.2, -0.15) is 13.2 Å². The molecule has 0 unspecified atom stereocenters. The molecule has 0 radical (unpaired) electrons. The molecule has 4 N–H and O–H groups in total. The van der Waals surface area contributed by atoms with Crippen molar-refractivity contribution in [1.82, 2.24) is 0 Å². The first-order valence-corrected chi connectivity index (χ1v) is 8.65. The van der Waals surface area contributed by atoms with Crippen LogP contribution in [0.1, 0.15) is 43.1 Å². The number of primary amides is 1. The molecule has 3 rings (SSSR count). The minimum absolute atomic E-state index is 0.146. The number of fused-ring (bicyclic) bond motifs is 1. The van der Waals surface area contributed by atoms with Gasteiger partial charge >= 0.3 is 6.18 Å². The van der Waals surface area contributed by atoms with E-state index in [2.05, 4.69) is 10.5 Å². The maximum Gasteiger partial charge on any atom is 0.416 e. The normalized spacial score (nSPS) is 15.4. The van der Waals surface area contributed by atoms with Crippen LogP contribution in [0.4, 0.5) is 18.2 Å². The molecule has 0 atom stereocenters. The molecule has 10 heteroatoms. The van der Waals surface area contributed by atoms with Crippen LogP contribution in [-0.2, 0) is 19.0 Å². The van der Waals surface area contributed by atoms with Crippen molar-refractivity contribution < 1.29 is 28.0 Å². The first kappa shape index (κ1) is 18.9. The molecular weight excluding hydrogens is 383 g/mol. The Morgan fingerprint density at radius 3 is 2.63 bits per heavy atom. The summed E-state index contributed by atoms with van der Waals surface area (Å²) in [5.74, 6) is -1.52. The molecule has 6 nitrogen and oxygen atoms in total. The summed E-state index contributed by atoms with van der Waals surface area (Å²) in [6, 6.07) is 3.99. The van der Waals surface area contributed by atoms with Crippen LogP contribution in [0.5, 0.6) is 0 Å². The van der Waals surface area contributed by atoms with Crippen LogP contribution in [0.15, 0.2) is 29.4 Å². The molecule has 0 saturated heterocycles. The maximum atomic E-state index is 12.8. The number of anilines is 1. The van der Waals surface area contributed by atoms with Gasteiger partial charge in [0.25, 0.3) is 11.8 Å². The lowest BCUT2D eigenvalue weighted by atomic mass is 9.94. The number of carbonyl (C=O) groups excluding carboxylic acids is 2. The molecule has 142 valence electrons. The van der Waals surface area contributed by atoms with E-state index < -0.39 is 23.6 Å². The number of thiophene rings is 1. The van der Waals surface area contributed by atoms with Crippen molar-refractivity contribution >= 4 is 33.9 Å². The fourth-order valence-electron chi connectivity index (χ4n) is 2.91. The van der Waals surface area contributed by atoms with E-state index in [9.17, 15) is 22.8 Å². The van der Waals surface area contributed by atoms with Crippen molar-refractivity contribution in [3.05, 3.63) is 51.4 Å². The number of carbonyl (C=O) groups is 2. The second kappa shape index (κ2) is 7.03. The van der Waals surface area contributed by atoms with Gasteiger partial charge in [-0.3, -0.25) is 9.59 Å². The summed E-state index contributed by atoms with van der Waals surface area (Å²) in [7, 11) is 0. The third-order valence-corrected chi connectivity index (χ3v) is 5.33. The molecule has 27 heavy (non-hydrogen) atoms. The maximum absolute atomic E-state index is 12.8. The van der Waals surface area contributed by atoms with Crippen LogP contribution in [-0.4, -0.2) is 22.7 Å². The molecule has 0 fully saturated rings. The average Bonchev–Trinajstić information content (AvgIpc) is 2.97. The predicted molar refractivity (Wildman–Crippen MR) is 93.5 cm³/mol. The number of amides is 2. The highest BCUT2D eigenvalue weighted by molar-refractivity contribution is 7.17. The van der Waals surface area contributed by atoms with Crippen molar-refractivity contribution in [3.63, 3.8) is 0 Å². The SMILES string of the molecule is NC(=O)c1c(NC(=O)c2cccc(C(F)(F)F)c2)sc2c1CC/C(=N\O)C2. The van der Waals surface area contributed by atoms with E-state index in [1.54, 1.807) is 0 Å². The van der Waals surface area contributed by atoms with Crippen LogP contribution in [0.3, 0.4) is 0 Å². The minimum atomic E-state index is -4.57. The fraction of sp³-hybridized carbons (Fsp3) is 0.235. The Hall–Kier alpha value is -2.88. The Morgan fingerprint density at radius 2 is 2.00 bits per heavy atom. The van der Waals surface area contributed by atoms with Crippen LogP contribution < -0.4 is 11.1 Å². The second-order valence-corrected chi connectivity index (χ2v) is 7.05. The topological polar surface area (TPSA) is 105 Å². The highest BCUT2D eigenvalue weighted by Crippen LogP contribution is 2.38. The molecule has 0 aliphatic heterocycles. The van der Waals surface area contributed by atoms with E-state index in [0.717, 1.165) is 34.4 Å². The van der Waals surface area contributed by atoms with Crippen molar-refractivity contribution in [1.29, 1.82) is 0 Å². The van der Waals surface area contributed by atoms with E-state index in [1.165, 1.54) is 6.07 Å². The summed E-state index contributed by atoms with van der Waals surface area (Å²) in [5, 5.41) is 14.8. The number of hydrogen-bond donors (Lipinski definition) is 3. The quantitative estimate of drug-likeness (QED) is 0.546. The highest BCUT2D eigenvalue weighted by atomic mass is 32.1. The lowest BCUT2D eigenvalue weighted by Crippen LogP contribution is -2.20. The van der Waals surface area contributed by atoms with Gasteiger partial charge in [-0.1, -0.05) is 11.2 Å². The number of alkyl halides is 3. The van der Waals surface area contributed by atoms with E-state index >= 15 is 0 Å². The van der Waals surface area contributed by atoms with Crippen LogP contribution in [0.2, 0.25) is 0 Å². The van der Waals surface area contributed by atoms with E-state index in [4.69, 9.17) is 10.9 Å². The Kier molecular flexibility index (Phi) is 4.92. The second-order valence-electron chi connectivity index (χ2n) is 5.95. The number of nitrogens with zero attached hydrogens (tertiary/aromatic N) is 1. The predicted octanol–water partition coefficient (Wildman–Crippen LogP) is 3.44. The molecule has 0 bridgehead atoms. The minimum Gasteiger partial charge on any atom is -0.411 e. The molecule has 0 saturated carbocycles. The van der Waals surface area contributed by atoms with Gasteiger partial charge < -0.3 is 16.3 Å². The molecule has 1 heterocycles. The summed E-state index contributed by atoms with van der Waals surface area (Å²) in [5.41, 5.74) is 5.65. The van der Waals surface area contributed by atoms with Crippen molar-refractivity contribution in [2.75, 3.05) is 5.32 Å². The largest absolute Gasteiger partial charge is 0.416 e. The first-order chi connectivity index (χ1) is 12.7. The zero-order valence-corrected chi connectivity index (χ0v) is 14.6. The lowest BCUT2D eigenvalue weighted by Gasteiger charge is -2.13. The number of rotatable bonds is 3. The molecule has 1 aliphatic rings. The summed E-state index contributed by atoms with van der Waals surface area (Å²) in [6.45, 7) is 0. The van der Waals surface area contributed by atoms with Crippen LogP contribution >= 0.6 is 11.3 Å². The number of nitrogens with one attached hydrogen (secondary N) is 1. The monoisotopic (exact) mass is 397 g/mol. The number of oxime groups is 1. The van der Waals surface area contributed by atoms with E-state index in [1.807, 2.05) is 0 Å². The zero-order valence-electron chi connectivity index (χ0n) is 13.8. The standard InChI is InChI=1S/C17H14F3N3O3S/c18-17(19,20)9-3-1-2-8(6-9)15(25)22-16-13(14(21)24)11-5-4-10(23-26)7-12(11)27-16/h1-3,6,26H,4-5,7H2,(H2,21,24)(H,22,25)/b23-10+. The van der Waals surface area contributed by atoms with E-state index in [-0.39, 0.29) is 16.1 Å². The summed E-state index contributed by atoms with van der Waals surface area (Å²) >= 11 is 1.10. The molecule has 2 aromatic rings. The molecule has 0 spiro atoms. The third kappa shape index (κ3) is 3.80. The van der Waals surface area contributed by atoms with Crippen molar-refractivity contribution in [3.8, 4) is 0 Å². The van der Waals surface area contributed by atoms with Gasteiger partial charge in [-0.25, -0.2) is 0 Å². The summed E-state index contributed by atoms with van der Waals surface area (Å²) in [6.07, 6.45) is -3.39. The van der Waals surface area contributed by atoms with Gasteiger partial charge in [-0.15, -0.1) is 11.3 Å². The zero-order chi connectivity index (χ0) is 19.8. The Balaban J connectivity index is 1.93.